The molecule has 1 unspecified atom stereocenters. The number of anilines is 1. The maximum atomic E-state index is 11.7. The minimum absolute atomic E-state index is 0.0440. The molecule has 0 bridgehead atoms. The molecule has 1 atom stereocenters. The van der Waals surface area contributed by atoms with Crippen LogP contribution in [-0.2, 0) is 25.5 Å². The van der Waals surface area contributed by atoms with Crippen molar-refractivity contribution in [3.05, 3.63) is 29.8 Å². The van der Waals surface area contributed by atoms with Crippen molar-refractivity contribution in [3.63, 3.8) is 0 Å². The van der Waals surface area contributed by atoms with Gasteiger partial charge in [0.05, 0.1) is 13.0 Å². The third kappa shape index (κ3) is 5.27. The number of para-hydroxylation sites is 1. The van der Waals surface area contributed by atoms with Crippen LogP contribution in [0.3, 0.4) is 0 Å². The van der Waals surface area contributed by atoms with Gasteiger partial charge in [-0.25, -0.2) is 0 Å². The molecule has 6 heteroatoms. The zero-order valence-corrected chi connectivity index (χ0v) is 11.7. The normalized spacial score (nSPS) is 11.7. The molecule has 110 valence electrons. The van der Waals surface area contributed by atoms with Gasteiger partial charge in [0.15, 0.2) is 6.10 Å². The van der Waals surface area contributed by atoms with Crippen molar-refractivity contribution in [3.8, 4) is 0 Å². The molecule has 0 spiro atoms. The Morgan fingerprint density at radius 3 is 2.70 bits per heavy atom. The van der Waals surface area contributed by atoms with Crippen LogP contribution in [0.4, 0.5) is 5.69 Å². The highest BCUT2D eigenvalue weighted by atomic mass is 16.5. The Morgan fingerprint density at radius 2 is 2.05 bits per heavy atom. The van der Waals surface area contributed by atoms with E-state index >= 15 is 0 Å². The number of amides is 1. The molecule has 0 heterocycles. The number of methoxy groups -OCH3 is 1. The Morgan fingerprint density at radius 1 is 1.35 bits per heavy atom. The second-order valence-electron chi connectivity index (χ2n) is 4.29. The van der Waals surface area contributed by atoms with Gasteiger partial charge in [-0.15, -0.1) is 0 Å². The lowest BCUT2D eigenvalue weighted by Crippen LogP contribution is -2.37. The number of nitrogens with one attached hydrogen (secondary N) is 1. The van der Waals surface area contributed by atoms with Gasteiger partial charge in [-0.05, 0) is 18.6 Å². The lowest BCUT2D eigenvalue weighted by molar-refractivity contribution is -0.154. The van der Waals surface area contributed by atoms with Crippen LogP contribution in [0.15, 0.2) is 24.3 Å². The molecule has 1 amide bonds. The van der Waals surface area contributed by atoms with Crippen molar-refractivity contribution in [2.24, 2.45) is 0 Å². The van der Waals surface area contributed by atoms with Gasteiger partial charge in [-0.2, -0.15) is 0 Å². The average molecular weight is 280 g/mol. The molecule has 3 N–H and O–H groups in total. The molecule has 0 radical (unpaired) electrons. The highest BCUT2D eigenvalue weighted by Crippen LogP contribution is 2.12. The van der Waals surface area contributed by atoms with E-state index in [-0.39, 0.29) is 12.3 Å². The van der Waals surface area contributed by atoms with E-state index in [2.05, 4.69) is 5.32 Å². The molecule has 0 aliphatic carbocycles. The van der Waals surface area contributed by atoms with Crippen molar-refractivity contribution in [2.75, 3.05) is 26.0 Å². The molecule has 0 aliphatic heterocycles. The molecule has 0 saturated carbocycles. The summed E-state index contributed by atoms with van der Waals surface area (Å²) >= 11 is 0. The summed E-state index contributed by atoms with van der Waals surface area (Å²) in [5.41, 5.74) is 6.95. The molecule has 0 saturated heterocycles. The summed E-state index contributed by atoms with van der Waals surface area (Å²) in [5.74, 6) is -0.839. The van der Waals surface area contributed by atoms with E-state index in [1.165, 1.54) is 6.92 Å². The Bertz CT molecular complexity index is 462. The fourth-order valence-corrected chi connectivity index (χ4v) is 1.56. The van der Waals surface area contributed by atoms with E-state index in [0.717, 1.165) is 0 Å². The van der Waals surface area contributed by atoms with Gasteiger partial charge >= 0.3 is 5.97 Å². The van der Waals surface area contributed by atoms with Crippen molar-refractivity contribution in [1.29, 1.82) is 0 Å². The van der Waals surface area contributed by atoms with Gasteiger partial charge in [-0.3, -0.25) is 9.59 Å². The van der Waals surface area contributed by atoms with Crippen LogP contribution in [0.5, 0.6) is 0 Å². The number of carbonyl (C=O) groups is 2. The van der Waals surface area contributed by atoms with Crippen molar-refractivity contribution in [1.82, 2.24) is 5.32 Å². The predicted molar refractivity (Wildman–Crippen MR) is 75.0 cm³/mol. The highest BCUT2D eigenvalue weighted by Gasteiger charge is 2.17. The second kappa shape index (κ2) is 8.16. The number of nitrogen functional groups attached to an aromatic ring is 1. The average Bonchev–Trinajstić information content (AvgIpc) is 2.41. The number of nitrogens with two attached hydrogens (primary N) is 1. The summed E-state index contributed by atoms with van der Waals surface area (Å²) in [6, 6.07) is 7.04. The van der Waals surface area contributed by atoms with Crippen LogP contribution < -0.4 is 11.1 Å². The first-order valence-corrected chi connectivity index (χ1v) is 6.34. The Kier molecular flexibility index (Phi) is 6.52. The summed E-state index contributed by atoms with van der Waals surface area (Å²) in [4.78, 5) is 23.3. The maximum Gasteiger partial charge on any atom is 0.311 e. The van der Waals surface area contributed by atoms with Gasteiger partial charge < -0.3 is 20.5 Å². The Hall–Kier alpha value is -2.08. The predicted octanol–water partition coefficient (Wildman–Crippen LogP) is 0.506. The molecular weight excluding hydrogens is 260 g/mol. The first-order valence-electron chi connectivity index (χ1n) is 6.34. The summed E-state index contributed by atoms with van der Waals surface area (Å²) in [5, 5.41) is 2.60. The highest BCUT2D eigenvalue weighted by molar-refractivity contribution is 5.84. The van der Waals surface area contributed by atoms with Gasteiger partial charge in [0.25, 0.3) is 5.91 Å². The minimum Gasteiger partial charge on any atom is -0.452 e. The number of ether oxygens (including phenoxy) is 2. The summed E-state index contributed by atoms with van der Waals surface area (Å²) in [7, 11) is 1.54. The van der Waals surface area contributed by atoms with E-state index in [0.29, 0.717) is 24.4 Å². The number of hydrogen-bond acceptors (Lipinski definition) is 5. The topological polar surface area (TPSA) is 90.6 Å². The molecule has 1 aromatic rings. The third-order valence-electron chi connectivity index (χ3n) is 2.67. The van der Waals surface area contributed by atoms with Crippen LogP contribution >= 0.6 is 0 Å². The summed E-state index contributed by atoms with van der Waals surface area (Å²) in [6.07, 6.45) is -0.799. The number of rotatable bonds is 7. The lowest BCUT2D eigenvalue weighted by atomic mass is 10.1. The number of hydrogen-bond donors (Lipinski definition) is 2. The zero-order valence-electron chi connectivity index (χ0n) is 11.7. The molecule has 0 fully saturated rings. The molecule has 0 aliphatic rings. The van der Waals surface area contributed by atoms with Crippen molar-refractivity contribution >= 4 is 17.6 Å². The van der Waals surface area contributed by atoms with E-state index in [4.69, 9.17) is 15.2 Å². The van der Waals surface area contributed by atoms with Crippen LogP contribution in [-0.4, -0.2) is 38.2 Å². The monoisotopic (exact) mass is 280 g/mol. The summed E-state index contributed by atoms with van der Waals surface area (Å²) < 4.78 is 9.86. The Labute approximate surface area is 118 Å². The van der Waals surface area contributed by atoms with Crippen LogP contribution in [0.2, 0.25) is 0 Å². The zero-order chi connectivity index (χ0) is 15.0. The molecule has 1 aromatic carbocycles. The van der Waals surface area contributed by atoms with Gasteiger partial charge in [0.2, 0.25) is 0 Å². The summed E-state index contributed by atoms with van der Waals surface area (Å²) in [6.45, 7) is 2.31. The first kappa shape index (κ1) is 16.0. The minimum atomic E-state index is -0.843. The largest absolute Gasteiger partial charge is 0.452 e. The standard InChI is InChI=1S/C14H20N2O4/c1-10(14(18)16-7-8-19-2)20-13(17)9-11-5-3-4-6-12(11)15/h3-6,10H,7-9,15H2,1-2H3,(H,16,18). The SMILES string of the molecule is COCCNC(=O)C(C)OC(=O)Cc1ccccc1N. The number of esters is 1. The Balaban J connectivity index is 2.42. The quantitative estimate of drug-likeness (QED) is 0.431. The van der Waals surface area contributed by atoms with Gasteiger partial charge in [0.1, 0.15) is 0 Å². The number of carbonyl (C=O) groups excluding carboxylic acids is 2. The van der Waals surface area contributed by atoms with Crippen molar-refractivity contribution < 1.29 is 19.1 Å². The van der Waals surface area contributed by atoms with E-state index in [9.17, 15) is 9.59 Å². The van der Waals surface area contributed by atoms with Gasteiger partial charge in [0, 0.05) is 19.3 Å². The fourth-order valence-electron chi connectivity index (χ4n) is 1.56. The van der Waals surface area contributed by atoms with Crippen LogP contribution in [0, 0.1) is 0 Å². The third-order valence-corrected chi connectivity index (χ3v) is 2.67. The smallest absolute Gasteiger partial charge is 0.311 e. The molecule has 20 heavy (non-hydrogen) atoms. The number of benzene rings is 1. The van der Waals surface area contributed by atoms with Crippen molar-refractivity contribution in [2.45, 2.75) is 19.4 Å². The first-order chi connectivity index (χ1) is 9.54. The fraction of sp³-hybridized carbons (Fsp3) is 0.429. The molecule has 6 nitrogen and oxygen atoms in total. The lowest BCUT2D eigenvalue weighted by Gasteiger charge is -2.13. The van der Waals surface area contributed by atoms with E-state index in [1.54, 1.807) is 31.4 Å². The maximum absolute atomic E-state index is 11.7. The molecule has 1 rings (SSSR count). The van der Waals surface area contributed by atoms with Gasteiger partial charge in [-0.1, -0.05) is 18.2 Å². The van der Waals surface area contributed by atoms with Crippen LogP contribution in [0.1, 0.15) is 12.5 Å². The van der Waals surface area contributed by atoms with E-state index in [1.807, 2.05) is 0 Å². The second-order valence-corrected chi connectivity index (χ2v) is 4.29. The van der Waals surface area contributed by atoms with E-state index < -0.39 is 12.1 Å². The van der Waals surface area contributed by atoms with Crippen LogP contribution in [0.25, 0.3) is 0 Å². The molecular formula is C14H20N2O4. The molecule has 0 aromatic heterocycles.